The molecule has 0 aliphatic heterocycles. The Morgan fingerprint density at radius 3 is 2.75 bits per heavy atom. The third-order valence-corrected chi connectivity index (χ3v) is 2.06. The van der Waals surface area contributed by atoms with Gasteiger partial charge in [-0.05, 0) is 27.2 Å². The topological polar surface area (TPSA) is 64.7 Å². The summed E-state index contributed by atoms with van der Waals surface area (Å²) >= 11 is 3.17. The van der Waals surface area contributed by atoms with Crippen LogP contribution in [0.2, 0.25) is 0 Å². The number of nitrogen functional groups attached to an aromatic ring is 1. The summed E-state index contributed by atoms with van der Waals surface area (Å²) in [4.78, 5) is 10.2. The lowest BCUT2D eigenvalue weighted by atomic mass is 10.2. The largest absolute Gasteiger partial charge is 0.494 e. The summed E-state index contributed by atoms with van der Waals surface area (Å²) in [5.41, 5.74) is 6.35. The molecule has 64 valence electrons. The molecule has 0 spiro atoms. The Morgan fingerprint density at radius 2 is 2.25 bits per heavy atom. The molecule has 1 aromatic carbocycles. The van der Waals surface area contributed by atoms with Crippen molar-refractivity contribution in [2.24, 2.45) is 5.18 Å². The van der Waals surface area contributed by atoms with Crippen molar-refractivity contribution in [2.45, 2.75) is 0 Å². The van der Waals surface area contributed by atoms with Crippen LogP contribution in [0.25, 0.3) is 0 Å². The first-order chi connectivity index (χ1) is 5.69. The fraction of sp³-hybridized carbons (Fsp3) is 0.143. The third-order valence-electron chi connectivity index (χ3n) is 1.40. The number of nitrogens with two attached hydrogens (primary N) is 1. The van der Waals surface area contributed by atoms with Crippen LogP contribution in [0.3, 0.4) is 0 Å². The highest BCUT2D eigenvalue weighted by atomic mass is 79.9. The third kappa shape index (κ3) is 1.55. The summed E-state index contributed by atoms with van der Waals surface area (Å²) in [5.74, 6) is 0.443. The molecule has 1 rings (SSSR count). The normalized spacial score (nSPS) is 9.50. The van der Waals surface area contributed by atoms with Gasteiger partial charge in [-0.25, -0.2) is 0 Å². The van der Waals surface area contributed by atoms with Gasteiger partial charge in [0.25, 0.3) is 0 Å². The van der Waals surface area contributed by atoms with E-state index in [0.717, 1.165) is 0 Å². The molecule has 0 atom stereocenters. The number of nitroso groups, excluding NO2 is 1. The van der Waals surface area contributed by atoms with E-state index in [9.17, 15) is 4.91 Å². The maximum Gasteiger partial charge on any atom is 0.145 e. The molecule has 0 saturated carbocycles. The van der Waals surface area contributed by atoms with Crippen LogP contribution in [0.4, 0.5) is 11.4 Å². The molecule has 12 heavy (non-hydrogen) atoms. The molecule has 1 aromatic rings. The number of methoxy groups -OCH3 is 1. The van der Waals surface area contributed by atoms with Crippen LogP contribution in [0, 0.1) is 4.91 Å². The zero-order valence-corrected chi connectivity index (χ0v) is 7.96. The van der Waals surface area contributed by atoms with Crippen molar-refractivity contribution >= 4 is 27.3 Å². The predicted molar refractivity (Wildman–Crippen MR) is 50.6 cm³/mol. The van der Waals surface area contributed by atoms with Crippen molar-refractivity contribution in [1.29, 1.82) is 0 Å². The number of benzene rings is 1. The molecule has 0 heterocycles. The molecule has 5 heteroatoms. The standard InChI is InChI=1S/C7H7BrN2O2/c1-12-6-3-4(10-11)2-5(8)7(6)9/h2-3H,9H2,1H3. The lowest BCUT2D eigenvalue weighted by molar-refractivity contribution is 0.417. The first kappa shape index (κ1) is 8.99. The fourth-order valence-electron chi connectivity index (χ4n) is 0.801. The van der Waals surface area contributed by atoms with Crippen molar-refractivity contribution in [2.75, 3.05) is 12.8 Å². The van der Waals surface area contributed by atoms with E-state index in [-0.39, 0.29) is 5.69 Å². The maximum absolute atomic E-state index is 10.2. The second-order valence-corrected chi connectivity index (χ2v) is 2.99. The summed E-state index contributed by atoms with van der Waals surface area (Å²) in [5, 5.41) is 2.77. The minimum absolute atomic E-state index is 0.285. The van der Waals surface area contributed by atoms with E-state index in [1.54, 1.807) is 0 Å². The maximum atomic E-state index is 10.2. The summed E-state index contributed by atoms with van der Waals surface area (Å²) in [6.45, 7) is 0. The molecule has 0 amide bonds. The average Bonchev–Trinajstić information content (AvgIpc) is 2.09. The zero-order valence-electron chi connectivity index (χ0n) is 6.37. The lowest BCUT2D eigenvalue weighted by Crippen LogP contribution is -1.92. The van der Waals surface area contributed by atoms with Crippen LogP contribution in [0.5, 0.6) is 5.75 Å². The minimum atomic E-state index is 0.285. The first-order valence-electron chi connectivity index (χ1n) is 3.15. The SMILES string of the molecule is COc1cc(N=O)cc(Br)c1N. The van der Waals surface area contributed by atoms with E-state index in [1.807, 2.05) is 0 Å². The molecule has 0 bridgehead atoms. The van der Waals surface area contributed by atoms with Crippen molar-refractivity contribution < 1.29 is 4.74 Å². The zero-order chi connectivity index (χ0) is 9.14. The van der Waals surface area contributed by atoms with E-state index < -0.39 is 0 Å². The number of anilines is 1. The monoisotopic (exact) mass is 230 g/mol. The van der Waals surface area contributed by atoms with Crippen LogP contribution in [-0.4, -0.2) is 7.11 Å². The Balaban J connectivity index is 3.28. The second-order valence-electron chi connectivity index (χ2n) is 2.13. The number of hydrogen-bond donors (Lipinski definition) is 1. The van der Waals surface area contributed by atoms with Crippen molar-refractivity contribution in [3.63, 3.8) is 0 Å². The molecule has 0 unspecified atom stereocenters. The summed E-state index contributed by atoms with van der Waals surface area (Å²) < 4.78 is 5.52. The van der Waals surface area contributed by atoms with Crippen LogP contribution >= 0.6 is 15.9 Å². The van der Waals surface area contributed by atoms with Gasteiger partial charge in [0.05, 0.1) is 12.8 Å². The Morgan fingerprint density at radius 1 is 1.58 bits per heavy atom. The Bertz CT molecular complexity index is 315. The van der Waals surface area contributed by atoms with Crippen LogP contribution < -0.4 is 10.5 Å². The molecule has 0 aliphatic carbocycles. The Kier molecular flexibility index (Phi) is 2.65. The second kappa shape index (κ2) is 3.53. The van der Waals surface area contributed by atoms with Crippen LogP contribution in [0.1, 0.15) is 0 Å². The molecule has 0 saturated heterocycles. The van der Waals surface area contributed by atoms with E-state index >= 15 is 0 Å². The predicted octanol–water partition coefficient (Wildman–Crippen LogP) is 2.44. The summed E-state index contributed by atoms with van der Waals surface area (Å²) in [6.07, 6.45) is 0. The van der Waals surface area contributed by atoms with Gasteiger partial charge in [-0.3, -0.25) is 0 Å². The Labute approximate surface area is 77.8 Å². The number of hydrogen-bond acceptors (Lipinski definition) is 4. The van der Waals surface area contributed by atoms with Gasteiger partial charge in [-0.2, -0.15) is 0 Å². The number of ether oxygens (including phenoxy) is 1. The van der Waals surface area contributed by atoms with Gasteiger partial charge >= 0.3 is 0 Å². The highest BCUT2D eigenvalue weighted by molar-refractivity contribution is 9.10. The first-order valence-corrected chi connectivity index (χ1v) is 3.94. The van der Waals surface area contributed by atoms with Crippen molar-refractivity contribution in [3.8, 4) is 5.75 Å². The molecule has 0 radical (unpaired) electrons. The van der Waals surface area contributed by atoms with Crippen molar-refractivity contribution in [1.82, 2.24) is 0 Å². The summed E-state index contributed by atoms with van der Waals surface area (Å²) in [7, 11) is 1.48. The van der Waals surface area contributed by atoms with Crippen LogP contribution in [0.15, 0.2) is 21.8 Å². The number of nitrogens with zero attached hydrogens (tertiary/aromatic N) is 1. The highest BCUT2D eigenvalue weighted by Gasteiger charge is 2.06. The van der Waals surface area contributed by atoms with E-state index in [1.165, 1.54) is 19.2 Å². The van der Waals surface area contributed by atoms with Gasteiger partial charge in [-0.1, -0.05) is 0 Å². The number of rotatable bonds is 2. The van der Waals surface area contributed by atoms with Gasteiger partial charge in [0, 0.05) is 10.5 Å². The molecule has 0 aliphatic rings. The molecule has 0 aromatic heterocycles. The average molecular weight is 231 g/mol. The van der Waals surface area contributed by atoms with Gasteiger partial charge in [0.1, 0.15) is 11.4 Å². The van der Waals surface area contributed by atoms with E-state index in [0.29, 0.717) is 15.9 Å². The van der Waals surface area contributed by atoms with Crippen molar-refractivity contribution in [3.05, 3.63) is 21.5 Å². The fourth-order valence-corrected chi connectivity index (χ4v) is 1.23. The smallest absolute Gasteiger partial charge is 0.145 e. The van der Waals surface area contributed by atoms with Gasteiger partial charge in [0.2, 0.25) is 0 Å². The molecular weight excluding hydrogens is 224 g/mol. The van der Waals surface area contributed by atoms with Gasteiger partial charge in [0.15, 0.2) is 0 Å². The molecular formula is C7H7BrN2O2. The van der Waals surface area contributed by atoms with Crippen LogP contribution in [-0.2, 0) is 0 Å². The summed E-state index contributed by atoms with van der Waals surface area (Å²) in [6, 6.07) is 3.01. The van der Waals surface area contributed by atoms with E-state index in [2.05, 4.69) is 21.1 Å². The Hall–Kier alpha value is -1.10. The molecule has 4 nitrogen and oxygen atoms in total. The molecule has 2 N–H and O–H groups in total. The molecule has 0 fully saturated rings. The van der Waals surface area contributed by atoms with E-state index in [4.69, 9.17) is 10.5 Å². The quantitative estimate of drug-likeness (QED) is 0.627. The lowest BCUT2D eigenvalue weighted by Gasteiger charge is -2.05. The van der Waals surface area contributed by atoms with Gasteiger partial charge in [-0.15, -0.1) is 4.91 Å². The highest BCUT2D eigenvalue weighted by Crippen LogP contribution is 2.34. The minimum Gasteiger partial charge on any atom is -0.494 e. The number of halogens is 1. The van der Waals surface area contributed by atoms with Gasteiger partial charge < -0.3 is 10.5 Å².